The number of hydrogen-bond acceptors (Lipinski definition) is 9. The summed E-state index contributed by atoms with van der Waals surface area (Å²) in [5, 5.41) is 15.8. The third kappa shape index (κ3) is 5.86. The number of benzene rings is 3. The number of carbonyl (C=O) groups is 2. The van der Waals surface area contributed by atoms with Gasteiger partial charge in [-0.2, -0.15) is 0 Å². The number of amides is 1. The summed E-state index contributed by atoms with van der Waals surface area (Å²) in [6, 6.07) is 17.3. The lowest BCUT2D eigenvalue weighted by atomic mass is 9.83. The van der Waals surface area contributed by atoms with Crippen LogP contribution in [0.1, 0.15) is 47.1 Å². The molecule has 1 amide bonds. The Bertz CT molecular complexity index is 1810. The van der Waals surface area contributed by atoms with Gasteiger partial charge >= 0.3 is 5.97 Å². The minimum atomic E-state index is -1.01. The van der Waals surface area contributed by atoms with Gasteiger partial charge in [-0.15, -0.1) is 11.3 Å². The lowest BCUT2D eigenvalue weighted by Crippen LogP contribution is -2.18. The predicted molar refractivity (Wildman–Crippen MR) is 164 cm³/mol. The molecule has 3 N–H and O–H groups in total. The van der Waals surface area contributed by atoms with Crippen molar-refractivity contribution >= 4 is 50.8 Å². The van der Waals surface area contributed by atoms with Gasteiger partial charge in [-0.3, -0.25) is 4.79 Å². The van der Waals surface area contributed by atoms with Crippen LogP contribution in [-0.2, 0) is 5.41 Å². The molecule has 5 aromatic rings. The highest BCUT2D eigenvalue weighted by molar-refractivity contribution is 7.16. The molecule has 0 saturated carbocycles. The Morgan fingerprint density at radius 3 is 2.38 bits per heavy atom. The molecule has 5 rings (SSSR count). The molecule has 3 aromatic carbocycles. The number of carbonyl (C=O) groups excluding carboxylic acids is 1. The second-order valence-electron chi connectivity index (χ2n) is 10.4. The molecule has 0 fully saturated rings. The number of nitrogens with zero attached hydrogens (tertiary/aromatic N) is 3. The molecule has 0 bridgehead atoms. The first-order chi connectivity index (χ1) is 20.1. The fourth-order valence-corrected chi connectivity index (χ4v) is 5.12. The molecule has 0 aliphatic rings. The zero-order chi connectivity index (χ0) is 30.0. The van der Waals surface area contributed by atoms with Crippen LogP contribution in [0.5, 0.6) is 11.5 Å². The molecule has 2 heterocycles. The van der Waals surface area contributed by atoms with Crippen LogP contribution in [0, 0.1) is 0 Å². The summed E-state index contributed by atoms with van der Waals surface area (Å²) in [4.78, 5) is 39.5. The number of fused-ring (bicyclic) bond motifs is 1. The van der Waals surface area contributed by atoms with Crippen LogP contribution in [0.25, 0.3) is 21.7 Å². The smallest absolute Gasteiger partial charge is 0.335 e. The number of ether oxygens (including phenoxy) is 2. The van der Waals surface area contributed by atoms with Gasteiger partial charge in [-0.05, 0) is 53.4 Å². The zero-order valence-corrected chi connectivity index (χ0v) is 24.5. The Kier molecular flexibility index (Phi) is 7.77. The van der Waals surface area contributed by atoms with Crippen LogP contribution in [0.4, 0.5) is 17.2 Å². The predicted octanol–water partition coefficient (Wildman–Crippen LogP) is 6.76. The maximum Gasteiger partial charge on any atom is 0.335 e. The molecule has 0 spiro atoms. The maximum absolute atomic E-state index is 13.3. The molecule has 0 aliphatic heterocycles. The van der Waals surface area contributed by atoms with Crippen LogP contribution in [0.15, 0.2) is 66.2 Å². The molecule has 0 aliphatic carbocycles. The Balaban J connectivity index is 1.45. The van der Waals surface area contributed by atoms with Gasteiger partial charge in [-0.25, -0.2) is 19.7 Å². The molecule has 214 valence electrons. The summed E-state index contributed by atoms with van der Waals surface area (Å²) in [5.41, 5.74) is 4.99. The van der Waals surface area contributed by atoms with Gasteiger partial charge in [0.05, 0.1) is 25.3 Å². The Morgan fingerprint density at radius 1 is 0.905 bits per heavy atom. The van der Waals surface area contributed by atoms with Crippen molar-refractivity contribution in [2.24, 2.45) is 0 Å². The monoisotopic (exact) mass is 583 g/mol. The van der Waals surface area contributed by atoms with Crippen LogP contribution in [0.2, 0.25) is 0 Å². The summed E-state index contributed by atoms with van der Waals surface area (Å²) < 4.78 is 10.8. The number of aromatic nitrogens is 3. The molecule has 42 heavy (non-hydrogen) atoms. The van der Waals surface area contributed by atoms with Crippen molar-refractivity contribution in [3.63, 3.8) is 0 Å². The van der Waals surface area contributed by atoms with E-state index in [2.05, 4.69) is 15.6 Å². The minimum absolute atomic E-state index is 0.204. The van der Waals surface area contributed by atoms with Crippen molar-refractivity contribution in [3.8, 4) is 22.9 Å². The number of carboxylic acids is 1. The van der Waals surface area contributed by atoms with E-state index in [1.54, 1.807) is 62.2 Å². The highest BCUT2D eigenvalue weighted by Crippen LogP contribution is 2.34. The third-order valence-corrected chi connectivity index (χ3v) is 7.26. The summed E-state index contributed by atoms with van der Waals surface area (Å²) in [6.45, 7) is 5.79. The molecule has 10 nitrogen and oxygen atoms in total. The molecular formula is C31H29N5O5S. The van der Waals surface area contributed by atoms with Gasteiger partial charge in [0.15, 0.2) is 23.1 Å². The standard InChI is InChI=1S/C31H29N5O5S/c1-31(2,3)22-14-19(9-11-21(22)30(38)39)34-28(37)18-8-6-7-17(13-18)26-35-27(25-29(36-26)42-16-32-25)33-20-10-12-23(40-4)24(15-20)41-5/h6-16H,1-5H3,(H,34,37)(H,38,39)(H,33,35,36). The second-order valence-corrected chi connectivity index (χ2v) is 11.3. The summed E-state index contributed by atoms with van der Waals surface area (Å²) in [6.07, 6.45) is 0. The maximum atomic E-state index is 13.3. The normalized spacial score (nSPS) is 11.3. The quantitative estimate of drug-likeness (QED) is 0.181. The van der Waals surface area contributed by atoms with Crippen LogP contribution in [0.3, 0.4) is 0 Å². The number of carboxylic acid groups (broad SMARTS) is 1. The highest BCUT2D eigenvalue weighted by atomic mass is 32.1. The Morgan fingerprint density at radius 2 is 1.67 bits per heavy atom. The number of anilines is 3. The van der Waals surface area contributed by atoms with E-state index in [-0.39, 0.29) is 11.5 Å². The topological polar surface area (TPSA) is 136 Å². The highest BCUT2D eigenvalue weighted by Gasteiger charge is 2.23. The Hall–Kier alpha value is -5.03. The number of aromatic carboxylic acids is 1. The second kappa shape index (κ2) is 11.5. The zero-order valence-electron chi connectivity index (χ0n) is 23.7. The van der Waals surface area contributed by atoms with Crippen molar-refractivity contribution in [3.05, 3.63) is 82.9 Å². The van der Waals surface area contributed by atoms with Crippen LogP contribution < -0.4 is 20.1 Å². The van der Waals surface area contributed by atoms with Gasteiger partial charge in [-0.1, -0.05) is 32.9 Å². The largest absolute Gasteiger partial charge is 0.493 e. The molecule has 11 heteroatoms. The summed E-state index contributed by atoms with van der Waals surface area (Å²) in [5.74, 6) is 0.743. The van der Waals surface area contributed by atoms with Gasteiger partial charge in [0.1, 0.15) is 10.3 Å². The van der Waals surface area contributed by atoms with E-state index in [1.165, 1.54) is 17.4 Å². The van der Waals surface area contributed by atoms with E-state index in [0.717, 1.165) is 5.69 Å². The molecule has 0 radical (unpaired) electrons. The lowest BCUT2D eigenvalue weighted by molar-refractivity contribution is 0.0694. The number of nitrogens with one attached hydrogen (secondary N) is 2. The number of rotatable bonds is 8. The van der Waals surface area contributed by atoms with Crippen molar-refractivity contribution in [1.82, 2.24) is 15.0 Å². The lowest BCUT2D eigenvalue weighted by Gasteiger charge is -2.22. The van der Waals surface area contributed by atoms with Gasteiger partial charge in [0.2, 0.25) is 0 Å². The molecule has 2 aromatic heterocycles. The van der Waals surface area contributed by atoms with E-state index in [0.29, 0.717) is 55.9 Å². The first-order valence-corrected chi connectivity index (χ1v) is 13.8. The minimum Gasteiger partial charge on any atom is -0.493 e. The SMILES string of the molecule is COc1ccc(Nc2nc(-c3cccc(C(=O)Nc4ccc(C(=O)O)c(C(C)(C)C)c4)c3)nc3scnc23)cc1OC. The Labute approximate surface area is 246 Å². The number of methoxy groups -OCH3 is 2. The fourth-order valence-electron chi connectivity index (χ4n) is 4.46. The van der Waals surface area contributed by atoms with Crippen molar-refractivity contribution < 1.29 is 24.2 Å². The van der Waals surface area contributed by atoms with Crippen LogP contribution >= 0.6 is 11.3 Å². The molecule has 0 saturated heterocycles. The van der Waals surface area contributed by atoms with Gasteiger partial charge in [0, 0.05) is 28.6 Å². The average Bonchev–Trinajstić information content (AvgIpc) is 3.46. The fraction of sp³-hybridized carbons (Fsp3) is 0.194. The van der Waals surface area contributed by atoms with Gasteiger partial charge in [0.25, 0.3) is 5.91 Å². The van der Waals surface area contributed by atoms with Crippen molar-refractivity contribution in [2.75, 3.05) is 24.9 Å². The first-order valence-electron chi connectivity index (χ1n) is 13.0. The van der Waals surface area contributed by atoms with Gasteiger partial charge < -0.3 is 25.2 Å². The van der Waals surface area contributed by atoms with E-state index in [1.807, 2.05) is 32.9 Å². The van der Waals surface area contributed by atoms with Crippen molar-refractivity contribution in [1.29, 1.82) is 0 Å². The first kappa shape index (κ1) is 28.5. The van der Waals surface area contributed by atoms with Crippen molar-refractivity contribution in [2.45, 2.75) is 26.2 Å². The molecule has 0 atom stereocenters. The molecular weight excluding hydrogens is 554 g/mol. The summed E-state index contributed by atoms with van der Waals surface area (Å²) in [7, 11) is 3.15. The average molecular weight is 584 g/mol. The van der Waals surface area contributed by atoms with Crippen LogP contribution in [-0.4, -0.2) is 46.2 Å². The number of hydrogen-bond donors (Lipinski definition) is 3. The van der Waals surface area contributed by atoms with E-state index >= 15 is 0 Å². The van der Waals surface area contributed by atoms with E-state index in [4.69, 9.17) is 19.4 Å². The molecule has 0 unspecified atom stereocenters. The van der Waals surface area contributed by atoms with E-state index in [9.17, 15) is 14.7 Å². The number of thiazole rings is 1. The summed E-state index contributed by atoms with van der Waals surface area (Å²) >= 11 is 1.39. The third-order valence-electron chi connectivity index (χ3n) is 6.54. The van der Waals surface area contributed by atoms with E-state index < -0.39 is 11.4 Å².